The van der Waals surface area contributed by atoms with E-state index >= 15 is 0 Å². The summed E-state index contributed by atoms with van der Waals surface area (Å²) in [6, 6.07) is -0.891. The van der Waals surface area contributed by atoms with Gasteiger partial charge in [0.2, 0.25) is 5.91 Å². The van der Waals surface area contributed by atoms with Gasteiger partial charge in [-0.15, -0.1) is 0 Å². The Labute approximate surface area is 307 Å². The standard InChI is InChI=1S/C43H76N2O5/c1-3-5-7-9-11-13-15-16-17-18-20-22-24-26-31-37-42(47)50-39(33-28-25-23-21-19-14-12-10-8-6-4-2)34-29-27-30-36-41(46)45-40(43(48)49)35-32-38-44/h6,8,12,14,21,23,28,33,39-40H,3-5,7,9-11,13,15-20,22,24-27,29-32,34-38,44H2,1-2H3,(H,45,46)(H,48,49)/b8-6-,14-12-,23-21-,33-28-. The predicted molar refractivity (Wildman–Crippen MR) is 211 cm³/mol. The van der Waals surface area contributed by atoms with E-state index in [1.54, 1.807) is 0 Å². The number of carbonyl (C=O) groups is 3. The van der Waals surface area contributed by atoms with E-state index in [0.717, 1.165) is 51.4 Å². The van der Waals surface area contributed by atoms with Gasteiger partial charge in [0.25, 0.3) is 0 Å². The molecule has 288 valence electrons. The highest BCUT2D eigenvalue weighted by molar-refractivity contribution is 5.83. The average molecular weight is 701 g/mol. The highest BCUT2D eigenvalue weighted by Crippen LogP contribution is 2.16. The van der Waals surface area contributed by atoms with Crippen molar-refractivity contribution in [2.45, 2.75) is 199 Å². The first-order valence-electron chi connectivity index (χ1n) is 20.5. The number of nitrogens with two attached hydrogens (primary N) is 1. The molecule has 0 saturated heterocycles. The van der Waals surface area contributed by atoms with Crippen molar-refractivity contribution in [1.82, 2.24) is 5.32 Å². The van der Waals surface area contributed by atoms with Gasteiger partial charge in [0.05, 0.1) is 0 Å². The number of nitrogens with one attached hydrogen (secondary N) is 1. The van der Waals surface area contributed by atoms with Crippen molar-refractivity contribution in [3.05, 3.63) is 48.6 Å². The Balaban J connectivity index is 4.44. The van der Waals surface area contributed by atoms with Crippen LogP contribution in [0.3, 0.4) is 0 Å². The molecule has 7 heteroatoms. The summed E-state index contributed by atoms with van der Waals surface area (Å²) in [5.41, 5.74) is 5.48. The topological polar surface area (TPSA) is 119 Å². The van der Waals surface area contributed by atoms with E-state index in [-0.39, 0.29) is 24.4 Å². The fourth-order valence-corrected chi connectivity index (χ4v) is 5.83. The van der Waals surface area contributed by atoms with E-state index < -0.39 is 12.0 Å². The van der Waals surface area contributed by atoms with Crippen molar-refractivity contribution in [1.29, 1.82) is 0 Å². The molecule has 2 atom stereocenters. The van der Waals surface area contributed by atoms with Gasteiger partial charge < -0.3 is 20.9 Å². The van der Waals surface area contributed by atoms with Crippen molar-refractivity contribution >= 4 is 17.8 Å². The second-order valence-corrected chi connectivity index (χ2v) is 13.7. The summed E-state index contributed by atoms with van der Waals surface area (Å²) in [5, 5.41) is 11.9. The molecule has 0 aromatic rings. The zero-order valence-electron chi connectivity index (χ0n) is 32.2. The summed E-state index contributed by atoms with van der Waals surface area (Å²) in [6.45, 7) is 4.80. The molecule has 0 bridgehead atoms. The van der Waals surface area contributed by atoms with Gasteiger partial charge in [0, 0.05) is 12.8 Å². The molecule has 0 saturated carbocycles. The van der Waals surface area contributed by atoms with Crippen molar-refractivity contribution in [3.63, 3.8) is 0 Å². The first-order chi connectivity index (χ1) is 24.4. The summed E-state index contributed by atoms with van der Waals surface area (Å²) in [4.78, 5) is 36.4. The van der Waals surface area contributed by atoms with Crippen LogP contribution in [0.1, 0.15) is 187 Å². The van der Waals surface area contributed by atoms with E-state index in [2.05, 4.69) is 61.7 Å². The summed E-state index contributed by atoms with van der Waals surface area (Å²) >= 11 is 0. The van der Waals surface area contributed by atoms with E-state index in [1.807, 2.05) is 6.08 Å². The average Bonchev–Trinajstić information content (AvgIpc) is 3.10. The minimum atomic E-state index is -1.03. The zero-order valence-corrected chi connectivity index (χ0v) is 32.2. The number of allylic oxidation sites excluding steroid dienone is 7. The first-order valence-corrected chi connectivity index (χ1v) is 20.5. The van der Waals surface area contributed by atoms with Crippen LogP contribution in [0.25, 0.3) is 0 Å². The van der Waals surface area contributed by atoms with Gasteiger partial charge in [-0.05, 0) is 76.8 Å². The summed E-state index contributed by atoms with van der Waals surface area (Å²) < 4.78 is 5.88. The molecule has 7 nitrogen and oxygen atoms in total. The van der Waals surface area contributed by atoms with Gasteiger partial charge in [-0.2, -0.15) is 0 Å². The van der Waals surface area contributed by atoms with Crippen molar-refractivity contribution in [2.75, 3.05) is 6.54 Å². The number of hydrogen-bond donors (Lipinski definition) is 3. The fraction of sp³-hybridized carbons (Fsp3) is 0.744. The molecule has 0 radical (unpaired) electrons. The Kier molecular flexibility index (Phi) is 35.6. The van der Waals surface area contributed by atoms with Gasteiger partial charge in [0.1, 0.15) is 12.1 Å². The number of unbranched alkanes of at least 4 members (excludes halogenated alkanes) is 16. The van der Waals surface area contributed by atoms with Crippen LogP contribution in [0.15, 0.2) is 48.6 Å². The van der Waals surface area contributed by atoms with E-state index in [1.165, 1.54) is 83.5 Å². The number of aliphatic carboxylic acids is 1. The normalized spacial score (nSPS) is 13.2. The maximum absolute atomic E-state index is 12.7. The van der Waals surface area contributed by atoms with Crippen LogP contribution in [-0.4, -0.2) is 41.6 Å². The second-order valence-electron chi connectivity index (χ2n) is 13.7. The highest BCUT2D eigenvalue weighted by Gasteiger charge is 2.19. The van der Waals surface area contributed by atoms with E-state index in [0.29, 0.717) is 38.6 Å². The van der Waals surface area contributed by atoms with Crippen molar-refractivity contribution in [3.8, 4) is 0 Å². The number of amides is 1. The molecule has 0 aliphatic rings. The second kappa shape index (κ2) is 37.6. The highest BCUT2D eigenvalue weighted by atomic mass is 16.5. The number of rotatable bonds is 36. The number of carboxylic acid groups (broad SMARTS) is 1. The lowest BCUT2D eigenvalue weighted by Crippen LogP contribution is -2.40. The third kappa shape index (κ3) is 33.8. The summed E-state index contributed by atoms with van der Waals surface area (Å²) in [7, 11) is 0. The summed E-state index contributed by atoms with van der Waals surface area (Å²) in [5.74, 6) is -1.41. The number of esters is 1. The van der Waals surface area contributed by atoms with Crippen LogP contribution in [0.4, 0.5) is 0 Å². The van der Waals surface area contributed by atoms with Crippen LogP contribution in [-0.2, 0) is 19.1 Å². The van der Waals surface area contributed by atoms with Crippen LogP contribution in [0.5, 0.6) is 0 Å². The van der Waals surface area contributed by atoms with Gasteiger partial charge in [0.15, 0.2) is 0 Å². The predicted octanol–water partition coefficient (Wildman–Crippen LogP) is 11.2. The minimum absolute atomic E-state index is 0.135. The van der Waals surface area contributed by atoms with Crippen molar-refractivity contribution in [2.24, 2.45) is 5.73 Å². The number of ether oxygens (including phenoxy) is 1. The van der Waals surface area contributed by atoms with Crippen LogP contribution >= 0.6 is 0 Å². The molecule has 1 amide bonds. The Hall–Kier alpha value is -2.67. The molecule has 0 aliphatic heterocycles. The lowest BCUT2D eigenvalue weighted by atomic mass is 10.0. The third-order valence-electron chi connectivity index (χ3n) is 8.89. The van der Waals surface area contributed by atoms with Gasteiger partial charge >= 0.3 is 11.9 Å². The van der Waals surface area contributed by atoms with Gasteiger partial charge in [-0.3, -0.25) is 9.59 Å². The Morgan fingerprint density at radius 3 is 1.60 bits per heavy atom. The minimum Gasteiger partial charge on any atom is -0.480 e. The largest absolute Gasteiger partial charge is 0.480 e. The lowest BCUT2D eigenvalue weighted by Gasteiger charge is -2.15. The molecule has 0 rings (SSSR count). The van der Waals surface area contributed by atoms with Gasteiger partial charge in [-0.1, -0.05) is 153 Å². The molecule has 4 N–H and O–H groups in total. The smallest absolute Gasteiger partial charge is 0.326 e. The lowest BCUT2D eigenvalue weighted by molar-refractivity contribution is -0.147. The first kappa shape index (κ1) is 47.3. The quantitative estimate of drug-likeness (QED) is 0.0340. The molecule has 0 spiro atoms. The monoisotopic (exact) mass is 701 g/mol. The van der Waals surface area contributed by atoms with Crippen molar-refractivity contribution < 1.29 is 24.2 Å². The maximum Gasteiger partial charge on any atom is 0.326 e. The Morgan fingerprint density at radius 2 is 1.08 bits per heavy atom. The zero-order chi connectivity index (χ0) is 36.8. The molecule has 2 unspecified atom stereocenters. The summed E-state index contributed by atoms with van der Waals surface area (Å²) in [6.07, 6.45) is 44.5. The molecule has 0 heterocycles. The molecule has 50 heavy (non-hydrogen) atoms. The number of carbonyl (C=O) groups excluding carboxylic acids is 2. The number of hydrogen-bond acceptors (Lipinski definition) is 5. The molecule has 0 aromatic carbocycles. The van der Waals surface area contributed by atoms with E-state index in [9.17, 15) is 19.5 Å². The van der Waals surface area contributed by atoms with Crippen LogP contribution in [0.2, 0.25) is 0 Å². The van der Waals surface area contributed by atoms with Crippen LogP contribution in [0, 0.1) is 0 Å². The molecular weight excluding hydrogens is 624 g/mol. The third-order valence-corrected chi connectivity index (χ3v) is 8.89. The fourth-order valence-electron chi connectivity index (χ4n) is 5.83. The van der Waals surface area contributed by atoms with Gasteiger partial charge in [-0.25, -0.2) is 4.79 Å². The molecule has 0 aliphatic carbocycles. The Morgan fingerprint density at radius 1 is 0.600 bits per heavy atom. The maximum atomic E-state index is 12.7. The Bertz CT molecular complexity index is 926. The number of carboxylic acids is 1. The SMILES string of the molecule is CC/C=C\C/C=C\C/C=C\C/C=C\C(CCCCCC(=O)NC(CCCN)C(=O)O)OC(=O)CCCCCCCCCCCCCCCCC. The molecular formula is C43H76N2O5. The van der Waals surface area contributed by atoms with E-state index in [4.69, 9.17) is 10.5 Å². The van der Waals surface area contributed by atoms with Crippen LogP contribution < -0.4 is 11.1 Å². The molecule has 0 fully saturated rings. The molecule has 0 aromatic heterocycles.